The number of terminal acetylenes is 1. The van der Waals surface area contributed by atoms with Gasteiger partial charge in [-0.2, -0.15) is 0 Å². The average Bonchev–Trinajstić information content (AvgIpc) is 2.31. The van der Waals surface area contributed by atoms with E-state index in [9.17, 15) is 9.59 Å². The highest BCUT2D eigenvalue weighted by molar-refractivity contribution is 7.99. The van der Waals surface area contributed by atoms with Crippen LogP contribution < -0.4 is 10.6 Å². The van der Waals surface area contributed by atoms with Crippen LogP contribution in [0.3, 0.4) is 0 Å². The highest BCUT2D eigenvalue weighted by Gasteiger charge is 2.39. The van der Waals surface area contributed by atoms with Crippen molar-refractivity contribution in [2.45, 2.75) is 25.7 Å². The second kappa shape index (κ2) is 7.95. The number of carbonyl (C=O) groups excluding carboxylic acids is 1. The summed E-state index contributed by atoms with van der Waals surface area (Å²) in [6.07, 6.45) is 8.03. The molecule has 0 atom stereocenters. The third-order valence-corrected chi connectivity index (χ3v) is 4.15. The Kier molecular flexibility index (Phi) is 6.57. The summed E-state index contributed by atoms with van der Waals surface area (Å²) in [5.74, 6) is 3.13. The molecule has 2 amide bonds. The van der Waals surface area contributed by atoms with E-state index in [1.807, 2.05) is 0 Å². The SMILES string of the molecule is C#CCSCCNC(=O)NCC1(CC(=O)O)CCC1. The largest absolute Gasteiger partial charge is 0.481 e. The average molecular weight is 284 g/mol. The van der Waals surface area contributed by atoms with Gasteiger partial charge >= 0.3 is 12.0 Å². The van der Waals surface area contributed by atoms with Crippen LogP contribution in [0.5, 0.6) is 0 Å². The molecule has 5 nitrogen and oxygen atoms in total. The molecule has 0 radical (unpaired) electrons. The number of urea groups is 1. The van der Waals surface area contributed by atoms with Crippen LogP contribution in [0.2, 0.25) is 0 Å². The van der Waals surface area contributed by atoms with Crippen LogP contribution in [-0.4, -0.2) is 41.7 Å². The summed E-state index contributed by atoms with van der Waals surface area (Å²) in [7, 11) is 0. The first-order valence-corrected chi connectivity index (χ1v) is 7.48. The summed E-state index contributed by atoms with van der Waals surface area (Å²) < 4.78 is 0. The Morgan fingerprint density at radius 3 is 2.63 bits per heavy atom. The molecule has 0 saturated heterocycles. The van der Waals surface area contributed by atoms with Crippen LogP contribution in [0, 0.1) is 17.8 Å². The summed E-state index contributed by atoms with van der Waals surface area (Å²) in [4.78, 5) is 22.3. The molecular formula is C13H20N2O3S. The number of hydrogen-bond acceptors (Lipinski definition) is 3. The maximum absolute atomic E-state index is 11.5. The Labute approximate surface area is 117 Å². The standard InChI is InChI=1S/C13H20N2O3S/c1-2-7-19-8-6-14-12(18)15-10-13(4-3-5-13)9-11(16)17/h1H,3-10H2,(H,16,17)(H2,14,15,18). The predicted octanol–water partition coefficient (Wildman–Crippen LogP) is 1.30. The van der Waals surface area contributed by atoms with E-state index in [-0.39, 0.29) is 17.9 Å². The van der Waals surface area contributed by atoms with E-state index in [0.717, 1.165) is 25.0 Å². The number of aliphatic carboxylic acids is 1. The Balaban J connectivity index is 2.15. The van der Waals surface area contributed by atoms with E-state index in [0.29, 0.717) is 18.8 Å². The fourth-order valence-electron chi connectivity index (χ4n) is 2.11. The molecule has 1 saturated carbocycles. The zero-order chi connectivity index (χ0) is 14.1. The summed E-state index contributed by atoms with van der Waals surface area (Å²) in [6, 6.07) is -0.238. The second-order valence-corrected chi connectivity index (χ2v) is 5.90. The van der Waals surface area contributed by atoms with Gasteiger partial charge in [-0.3, -0.25) is 4.79 Å². The molecule has 1 fully saturated rings. The van der Waals surface area contributed by atoms with Crippen molar-refractivity contribution in [3.63, 3.8) is 0 Å². The molecule has 0 aliphatic heterocycles. The van der Waals surface area contributed by atoms with Gasteiger partial charge in [-0.25, -0.2) is 4.79 Å². The topological polar surface area (TPSA) is 78.4 Å². The van der Waals surface area contributed by atoms with E-state index < -0.39 is 5.97 Å². The van der Waals surface area contributed by atoms with Gasteiger partial charge in [-0.15, -0.1) is 18.2 Å². The van der Waals surface area contributed by atoms with Gasteiger partial charge in [-0.1, -0.05) is 12.3 Å². The Morgan fingerprint density at radius 2 is 2.11 bits per heavy atom. The third kappa shape index (κ3) is 5.88. The van der Waals surface area contributed by atoms with Crippen molar-refractivity contribution < 1.29 is 14.7 Å². The van der Waals surface area contributed by atoms with E-state index in [4.69, 9.17) is 11.5 Å². The lowest BCUT2D eigenvalue weighted by atomic mass is 9.66. The Morgan fingerprint density at radius 1 is 1.37 bits per heavy atom. The van der Waals surface area contributed by atoms with Gasteiger partial charge in [0, 0.05) is 18.8 Å². The second-order valence-electron chi connectivity index (χ2n) is 4.79. The summed E-state index contributed by atoms with van der Waals surface area (Å²) in [5.41, 5.74) is -0.235. The zero-order valence-electron chi connectivity index (χ0n) is 10.9. The fraction of sp³-hybridized carbons (Fsp3) is 0.692. The van der Waals surface area contributed by atoms with E-state index >= 15 is 0 Å². The van der Waals surface area contributed by atoms with Crippen molar-refractivity contribution >= 4 is 23.8 Å². The molecule has 0 heterocycles. The summed E-state index contributed by atoms with van der Waals surface area (Å²) >= 11 is 1.59. The number of nitrogens with one attached hydrogen (secondary N) is 2. The number of carboxylic acids is 1. The van der Waals surface area contributed by atoms with Gasteiger partial charge in [0.05, 0.1) is 12.2 Å². The minimum absolute atomic E-state index is 0.130. The van der Waals surface area contributed by atoms with Gasteiger partial charge in [-0.05, 0) is 18.3 Å². The van der Waals surface area contributed by atoms with Crippen LogP contribution in [0.25, 0.3) is 0 Å². The van der Waals surface area contributed by atoms with Crippen molar-refractivity contribution in [2.24, 2.45) is 5.41 Å². The van der Waals surface area contributed by atoms with Gasteiger partial charge in [0.25, 0.3) is 0 Å². The number of carboxylic acid groups (broad SMARTS) is 1. The first kappa shape index (κ1) is 15.7. The molecule has 1 rings (SSSR count). The first-order valence-electron chi connectivity index (χ1n) is 6.33. The third-order valence-electron chi connectivity index (χ3n) is 3.28. The molecule has 0 aromatic rings. The Bertz CT molecular complexity index is 361. The van der Waals surface area contributed by atoms with Gasteiger partial charge in [0.15, 0.2) is 0 Å². The molecule has 0 unspecified atom stereocenters. The van der Waals surface area contributed by atoms with E-state index in [1.165, 1.54) is 0 Å². The van der Waals surface area contributed by atoms with E-state index in [2.05, 4.69) is 16.6 Å². The number of amides is 2. The highest BCUT2D eigenvalue weighted by atomic mass is 32.2. The normalized spacial score (nSPS) is 15.9. The molecule has 6 heteroatoms. The van der Waals surface area contributed by atoms with Crippen molar-refractivity contribution in [3.8, 4) is 12.3 Å². The highest BCUT2D eigenvalue weighted by Crippen LogP contribution is 2.43. The minimum Gasteiger partial charge on any atom is -0.481 e. The van der Waals surface area contributed by atoms with Gasteiger partial charge in [0.1, 0.15) is 0 Å². The molecule has 106 valence electrons. The van der Waals surface area contributed by atoms with Crippen LogP contribution >= 0.6 is 11.8 Å². The molecule has 1 aliphatic rings. The predicted molar refractivity (Wildman–Crippen MR) is 76.1 cm³/mol. The van der Waals surface area contributed by atoms with Crippen LogP contribution in [-0.2, 0) is 4.79 Å². The molecule has 0 spiro atoms. The number of hydrogen-bond donors (Lipinski definition) is 3. The van der Waals surface area contributed by atoms with Crippen molar-refractivity contribution in [1.29, 1.82) is 0 Å². The first-order chi connectivity index (χ1) is 9.08. The number of rotatable bonds is 8. The Hall–Kier alpha value is -1.35. The number of carbonyl (C=O) groups is 2. The van der Waals surface area contributed by atoms with Crippen LogP contribution in [0.15, 0.2) is 0 Å². The number of thioether (sulfide) groups is 1. The van der Waals surface area contributed by atoms with Crippen molar-refractivity contribution in [1.82, 2.24) is 10.6 Å². The lowest BCUT2D eigenvalue weighted by Crippen LogP contribution is -2.46. The molecule has 19 heavy (non-hydrogen) atoms. The van der Waals surface area contributed by atoms with Crippen LogP contribution in [0.4, 0.5) is 4.79 Å². The molecule has 0 aromatic carbocycles. The van der Waals surface area contributed by atoms with Gasteiger partial charge in [0.2, 0.25) is 0 Å². The lowest BCUT2D eigenvalue weighted by Gasteiger charge is -2.40. The lowest BCUT2D eigenvalue weighted by molar-refractivity contribution is -0.141. The maximum Gasteiger partial charge on any atom is 0.314 e. The molecule has 1 aliphatic carbocycles. The van der Waals surface area contributed by atoms with Crippen LogP contribution in [0.1, 0.15) is 25.7 Å². The molecule has 3 N–H and O–H groups in total. The quantitative estimate of drug-likeness (QED) is 0.464. The monoisotopic (exact) mass is 284 g/mol. The maximum atomic E-state index is 11.5. The molecule has 0 aromatic heterocycles. The van der Waals surface area contributed by atoms with Crippen molar-refractivity contribution in [3.05, 3.63) is 0 Å². The molecular weight excluding hydrogens is 264 g/mol. The smallest absolute Gasteiger partial charge is 0.314 e. The van der Waals surface area contributed by atoms with Gasteiger partial charge < -0.3 is 15.7 Å². The summed E-state index contributed by atoms with van der Waals surface area (Å²) in [5, 5.41) is 14.3. The molecule has 0 bridgehead atoms. The zero-order valence-corrected chi connectivity index (χ0v) is 11.7. The van der Waals surface area contributed by atoms with E-state index in [1.54, 1.807) is 11.8 Å². The minimum atomic E-state index is -0.799. The van der Waals surface area contributed by atoms with Crippen molar-refractivity contribution in [2.75, 3.05) is 24.6 Å². The summed E-state index contributed by atoms with van der Waals surface area (Å²) in [6.45, 7) is 0.993. The fourth-order valence-corrected chi connectivity index (χ4v) is 2.62.